The number of rotatable bonds is 6. The zero-order valence-electron chi connectivity index (χ0n) is 17.5. The smallest absolute Gasteiger partial charge is 0.404 e. The number of amides is 1. The predicted molar refractivity (Wildman–Crippen MR) is 119 cm³/mol. The summed E-state index contributed by atoms with van der Waals surface area (Å²) in [5.41, 5.74) is 1.31. The van der Waals surface area contributed by atoms with Crippen molar-refractivity contribution < 1.29 is 31.1 Å². The van der Waals surface area contributed by atoms with E-state index in [9.17, 15) is 26.4 Å². The Hall–Kier alpha value is -4.06. The Morgan fingerprint density at radius 3 is 2.50 bits per heavy atom. The van der Waals surface area contributed by atoms with Gasteiger partial charge in [0.2, 0.25) is 5.91 Å². The number of aromatic nitrogens is 2. The number of anilines is 3. The lowest BCUT2D eigenvalue weighted by atomic mass is 10.2. The highest BCUT2D eigenvalue weighted by molar-refractivity contribution is 7.90. The van der Waals surface area contributed by atoms with Gasteiger partial charge in [-0.2, -0.15) is 0 Å². The van der Waals surface area contributed by atoms with Gasteiger partial charge in [0.15, 0.2) is 0 Å². The summed E-state index contributed by atoms with van der Waals surface area (Å²) in [6, 6.07) is 14.2. The molecule has 176 valence electrons. The number of ether oxygens (including phenoxy) is 1. The number of carbonyl (C=O) groups is 1. The zero-order chi connectivity index (χ0) is 24.5. The van der Waals surface area contributed by atoms with E-state index in [1.165, 1.54) is 43.6 Å². The number of para-hydroxylation sites is 1. The van der Waals surface area contributed by atoms with E-state index in [4.69, 9.17) is 0 Å². The molecule has 4 aromatic rings. The van der Waals surface area contributed by atoms with Crippen molar-refractivity contribution in [2.45, 2.75) is 18.2 Å². The second kappa shape index (κ2) is 8.71. The number of alkyl halides is 3. The minimum absolute atomic E-state index is 0.192. The van der Waals surface area contributed by atoms with Gasteiger partial charge in [-0.1, -0.05) is 18.2 Å². The van der Waals surface area contributed by atoms with Crippen LogP contribution in [0.2, 0.25) is 0 Å². The molecule has 2 N–H and O–H groups in total. The van der Waals surface area contributed by atoms with Crippen LogP contribution in [0.3, 0.4) is 0 Å². The van der Waals surface area contributed by atoms with Gasteiger partial charge in [-0.3, -0.25) is 4.79 Å². The van der Waals surface area contributed by atoms with Crippen molar-refractivity contribution in [1.29, 1.82) is 0 Å². The molecule has 0 bridgehead atoms. The first-order valence-corrected chi connectivity index (χ1v) is 11.2. The monoisotopic (exact) mass is 490 g/mol. The fourth-order valence-corrected chi connectivity index (χ4v) is 4.75. The molecule has 1 amide bonds. The molecule has 0 saturated carbocycles. The van der Waals surface area contributed by atoms with E-state index in [0.29, 0.717) is 16.8 Å². The lowest BCUT2D eigenvalue weighted by Gasteiger charge is -2.14. The second-order valence-corrected chi connectivity index (χ2v) is 8.91. The third kappa shape index (κ3) is 4.96. The van der Waals surface area contributed by atoms with E-state index in [0.717, 1.165) is 16.1 Å². The molecule has 4 rings (SSSR count). The Kier molecular flexibility index (Phi) is 5.92. The average Bonchev–Trinajstić information content (AvgIpc) is 3.17. The molecule has 0 radical (unpaired) electrons. The molecule has 2 aromatic heterocycles. The molecule has 0 spiro atoms. The Bertz CT molecular complexity index is 1480. The van der Waals surface area contributed by atoms with Gasteiger partial charge in [-0.25, -0.2) is 17.4 Å². The molecule has 8 nitrogen and oxygen atoms in total. The van der Waals surface area contributed by atoms with Crippen LogP contribution in [0.25, 0.3) is 10.9 Å². The van der Waals surface area contributed by atoms with Gasteiger partial charge in [-0.05, 0) is 36.4 Å². The van der Waals surface area contributed by atoms with Crippen LogP contribution in [0.1, 0.15) is 6.92 Å². The normalized spacial score (nSPS) is 11.9. The minimum Gasteiger partial charge on any atom is -0.404 e. The molecule has 0 atom stereocenters. The van der Waals surface area contributed by atoms with Gasteiger partial charge in [0.05, 0.1) is 5.52 Å². The number of nitrogens with zero attached hydrogens (tertiary/aromatic N) is 2. The van der Waals surface area contributed by atoms with Crippen LogP contribution < -0.4 is 15.4 Å². The summed E-state index contributed by atoms with van der Waals surface area (Å²) in [5, 5.41) is 6.12. The van der Waals surface area contributed by atoms with Crippen molar-refractivity contribution in [3.8, 4) is 5.75 Å². The summed E-state index contributed by atoms with van der Waals surface area (Å²) < 4.78 is 69.7. The lowest BCUT2D eigenvalue weighted by molar-refractivity contribution is -0.275. The molecule has 0 aliphatic carbocycles. The van der Waals surface area contributed by atoms with E-state index in [1.807, 2.05) is 0 Å². The van der Waals surface area contributed by atoms with Gasteiger partial charge in [0.1, 0.15) is 16.5 Å². The molecule has 0 aliphatic rings. The summed E-state index contributed by atoms with van der Waals surface area (Å²) in [7, 11) is -4.45. The molecule has 0 unspecified atom stereocenters. The number of nitrogens with one attached hydrogen (secondary N) is 2. The number of halogens is 3. The van der Waals surface area contributed by atoms with Crippen molar-refractivity contribution in [3.05, 3.63) is 73.1 Å². The maximum Gasteiger partial charge on any atom is 0.573 e. The van der Waals surface area contributed by atoms with Crippen molar-refractivity contribution >= 4 is 44.0 Å². The average molecular weight is 490 g/mol. The summed E-state index contributed by atoms with van der Waals surface area (Å²) >= 11 is 0. The summed E-state index contributed by atoms with van der Waals surface area (Å²) in [5.74, 6) is -0.795. The largest absolute Gasteiger partial charge is 0.573 e. The number of fused-ring (bicyclic) bond motifs is 1. The third-order valence-corrected chi connectivity index (χ3v) is 6.34. The molecule has 0 aliphatic heterocycles. The van der Waals surface area contributed by atoms with Crippen LogP contribution >= 0.6 is 0 Å². The summed E-state index contributed by atoms with van der Waals surface area (Å²) in [4.78, 5) is 14.9. The first kappa shape index (κ1) is 23.1. The third-order valence-electron chi connectivity index (χ3n) is 4.61. The number of hydrogen-bond donors (Lipinski definition) is 2. The van der Waals surface area contributed by atoms with Crippen LogP contribution in [0.5, 0.6) is 5.75 Å². The molecular weight excluding hydrogens is 473 g/mol. The molecule has 34 heavy (non-hydrogen) atoms. The highest BCUT2D eigenvalue weighted by atomic mass is 32.2. The van der Waals surface area contributed by atoms with Gasteiger partial charge >= 0.3 is 6.36 Å². The second-order valence-electron chi connectivity index (χ2n) is 7.13. The van der Waals surface area contributed by atoms with E-state index in [-0.39, 0.29) is 17.2 Å². The molecule has 2 heterocycles. The topological polar surface area (TPSA) is 102 Å². The molecule has 2 aromatic carbocycles. The van der Waals surface area contributed by atoms with Crippen molar-refractivity contribution in [2.24, 2.45) is 0 Å². The lowest BCUT2D eigenvalue weighted by Crippen LogP contribution is -2.20. The Morgan fingerprint density at radius 2 is 1.76 bits per heavy atom. The van der Waals surface area contributed by atoms with E-state index >= 15 is 0 Å². The van der Waals surface area contributed by atoms with Crippen LogP contribution in [-0.2, 0) is 14.8 Å². The van der Waals surface area contributed by atoms with Crippen molar-refractivity contribution in [2.75, 3.05) is 10.6 Å². The fourth-order valence-electron chi connectivity index (χ4n) is 3.28. The quantitative estimate of drug-likeness (QED) is 0.400. The standard InChI is InChI=1S/C22H17F3N4O4S/c1-14(30)27-16-5-4-6-17(11-16)28-21-12-18-15(13-26-21)9-10-29(18)34(31,32)20-8-3-2-7-19(20)33-22(23,24)25/h2-13H,1H3,(H,26,28)(H,27,30). The number of hydrogen-bond acceptors (Lipinski definition) is 6. The predicted octanol–water partition coefficient (Wildman–Crippen LogP) is 4.87. The summed E-state index contributed by atoms with van der Waals surface area (Å²) in [6.45, 7) is 1.38. The Balaban J connectivity index is 1.72. The molecule has 12 heteroatoms. The first-order valence-electron chi connectivity index (χ1n) is 9.75. The number of benzene rings is 2. The highest BCUT2D eigenvalue weighted by Crippen LogP contribution is 2.32. The molecule has 0 fully saturated rings. The van der Waals surface area contributed by atoms with Crippen LogP contribution in [-0.4, -0.2) is 29.6 Å². The Labute approximate surface area is 192 Å². The van der Waals surface area contributed by atoms with Crippen LogP contribution in [0.15, 0.2) is 78.0 Å². The van der Waals surface area contributed by atoms with Gasteiger partial charge < -0.3 is 15.4 Å². The maximum absolute atomic E-state index is 13.3. The van der Waals surface area contributed by atoms with Crippen molar-refractivity contribution in [3.63, 3.8) is 0 Å². The number of pyridine rings is 1. The SMILES string of the molecule is CC(=O)Nc1cccc(Nc2cc3c(ccn3S(=O)(=O)c3ccccc3OC(F)(F)F)cn2)c1. The van der Waals surface area contributed by atoms with Gasteiger partial charge in [0, 0.05) is 42.1 Å². The number of carbonyl (C=O) groups excluding carboxylic acids is 1. The van der Waals surface area contributed by atoms with Crippen molar-refractivity contribution in [1.82, 2.24) is 8.96 Å². The highest BCUT2D eigenvalue weighted by Gasteiger charge is 2.34. The fraction of sp³-hybridized carbons (Fsp3) is 0.0909. The summed E-state index contributed by atoms with van der Waals surface area (Å²) in [6.07, 6.45) is -2.40. The van der Waals surface area contributed by atoms with Gasteiger partial charge in [-0.15, -0.1) is 13.2 Å². The van der Waals surface area contributed by atoms with E-state index in [1.54, 1.807) is 24.3 Å². The molecule has 0 saturated heterocycles. The maximum atomic E-state index is 13.3. The molecular formula is C22H17F3N4O4S. The first-order chi connectivity index (χ1) is 16.0. The van der Waals surface area contributed by atoms with Crippen LogP contribution in [0.4, 0.5) is 30.4 Å². The van der Waals surface area contributed by atoms with E-state index < -0.39 is 27.0 Å². The van der Waals surface area contributed by atoms with Gasteiger partial charge in [0.25, 0.3) is 10.0 Å². The van der Waals surface area contributed by atoms with Crippen LogP contribution in [0, 0.1) is 0 Å². The minimum atomic E-state index is -5.06. The Morgan fingerprint density at radius 1 is 1.03 bits per heavy atom. The van der Waals surface area contributed by atoms with E-state index in [2.05, 4.69) is 20.4 Å². The zero-order valence-corrected chi connectivity index (χ0v) is 18.3.